The van der Waals surface area contributed by atoms with Crippen LogP contribution in [0.15, 0.2) is 15.6 Å². The molecule has 8 heteroatoms. The Morgan fingerprint density at radius 2 is 2.27 bits per heavy atom. The molecule has 0 aromatic carbocycles. The van der Waals surface area contributed by atoms with Crippen LogP contribution in [0.3, 0.4) is 0 Å². The van der Waals surface area contributed by atoms with Crippen molar-refractivity contribution in [2.75, 3.05) is 5.73 Å². The maximum Gasteiger partial charge on any atom is 0.221 e. The summed E-state index contributed by atoms with van der Waals surface area (Å²) < 4.78 is 17.8. The number of nitrogens with zero attached hydrogens (tertiary/aromatic N) is 4. The highest BCUT2D eigenvalue weighted by molar-refractivity contribution is 8.00. The van der Waals surface area contributed by atoms with Gasteiger partial charge in [-0.25, -0.2) is 19.3 Å². The lowest BCUT2D eigenvalue weighted by molar-refractivity contribution is 0.580. The van der Waals surface area contributed by atoms with E-state index in [1.54, 1.807) is 6.92 Å². The molecule has 2 aromatic heterocycles. The van der Waals surface area contributed by atoms with Gasteiger partial charge in [0, 0.05) is 0 Å². The van der Waals surface area contributed by atoms with Crippen LogP contribution in [-0.4, -0.2) is 19.3 Å². The fourth-order valence-corrected chi connectivity index (χ4v) is 2.39. The zero-order chi connectivity index (χ0) is 10.8. The zero-order valence-corrected chi connectivity index (χ0v) is 9.27. The normalized spacial score (nSPS) is 10.5. The van der Waals surface area contributed by atoms with Crippen LogP contribution in [0.5, 0.6) is 0 Å². The summed E-state index contributed by atoms with van der Waals surface area (Å²) in [5.74, 6) is 0.187. The number of aryl methyl sites for hydroxylation is 1. The summed E-state index contributed by atoms with van der Waals surface area (Å²) in [6.45, 7) is 1.77. The second-order valence-corrected chi connectivity index (χ2v) is 4.58. The van der Waals surface area contributed by atoms with E-state index in [9.17, 15) is 4.39 Å². The van der Waals surface area contributed by atoms with Gasteiger partial charge in [0.05, 0.1) is 6.20 Å². The van der Waals surface area contributed by atoms with Crippen molar-refractivity contribution in [3.63, 3.8) is 0 Å². The maximum atomic E-state index is 13.2. The number of nitrogen functional groups attached to an aromatic ring is 1. The SMILES string of the molecule is Cc1nsc(Sc2nc(N)ncc2F)n1. The minimum atomic E-state index is -0.512. The Kier molecular flexibility index (Phi) is 2.78. The molecule has 2 rings (SSSR count). The highest BCUT2D eigenvalue weighted by Gasteiger charge is 2.10. The third kappa shape index (κ3) is 2.39. The second kappa shape index (κ2) is 4.07. The number of rotatable bonds is 2. The Morgan fingerprint density at radius 3 is 2.93 bits per heavy atom. The van der Waals surface area contributed by atoms with Crippen LogP contribution in [0.25, 0.3) is 0 Å². The third-order valence-electron chi connectivity index (χ3n) is 1.42. The summed E-state index contributed by atoms with van der Waals surface area (Å²) >= 11 is 2.28. The highest BCUT2D eigenvalue weighted by Crippen LogP contribution is 2.29. The van der Waals surface area contributed by atoms with Gasteiger partial charge in [0.15, 0.2) is 10.2 Å². The van der Waals surface area contributed by atoms with Gasteiger partial charge in [-0.3, -0.25) is 0 Å². The van der Waals surface area contributed by atoms with Gasteiger partial charge in [-0.1, -0.05) is 0 Å². The molecule has 2 aromatic rings. The van der Waals surface area contributed by atoms with E-state index in [2.05, 4.69) is 19.3 Å². The van der Waals surface area contributed by atoms with Crippen LogP contribution in [0, 0.1) is 12.7 Å². The summed E-state index contributed by atoms with van der Waals surface area (Å²) in [5, 5.41) is 0.165. The van der Waals surface area contributed by atoms with Gasteiger partial charge in [0.2, 0.25) is 5.95 Å². The first-order chi connectivity index (χ1) is 7.15. The maximum absolute atomic E-state index is 13.2. The quantitative estimate of drug-likeness (QED) is 0.805. The number of hydrogen-bond donors (Lipinski definition) is 1. The molecule has 78 valence electrons. The van der Waals surface area contributed by atoms with E-state index in [1.807, 2.05) is 0 Å². The van der Waals surface area contributed by atoms with Crippen molar-refractivity contribution in [2.45, 2.75) is 16.3 Å². The van der Waals surface area contributed by atoms with Gasteiger partial charge in [-0.15, -0.1) is 0 Å². The van der Waals surface area contributed by atoms with Gasteiger partial charge in [0.25, 0.3) is 0 Å². The molecule has 0 saturated carbocycles. The summed E-state index contributed by atoms with van der Waals surface area (Å²) in [4.78, 5) is 11.4. The van der Waals surface area contributed by atoms with Crippen LogP contribution in [0.4, 0.5) is 10.3 Å². The van der Waals surface area contributed by atoms with E-state index in [1.165, 1.54) is 11.5 Å². The molecule has 0 unspecified atom stereocenters. The largest absolute Gasteiger partial charge is 0.368 e. The lowest BCUT2D eigenvalue weighted by Crippen LogP contribution is -1.97. The molecular formula is C7H6FN5S2. The van der Waals surface area contributed by atoms with Crippen molar-refractivity contribution in [3.8, 4) is 0 Å². The summed E-state index contributed by atoms with van der Waals surface area (Å²) in [5.41, 5.74) is 5.35. The molecule has 0 fully saturated rings. The van der Waals surface area contributed by atoms with Crippen LogP contribution in [0.1, 0.15) is 5.82 Å². The first kappa shape index (κ1) is 10.2. The van der Waals surface area contributed by atoms with Crippen LogP contribution in [0.2, 0.25) is 0 Å². The van der Waals surface area contributed by atoms with E-state index in [0.29, 0.717) is 10.2 Å². The van der Waals surface area contributed by atoms with Crippen LogP contribution < -0.4 is 5.73 Å². The Bertz CT molecular complexity index is 486. The van der Waals surface area contributed by atoms with E-state index in [0.717, 1.165) is 18.0 Å². The van der Waals surface area contributed by atoms with E-state index in [-0.39, 0.29) is 11.0 Å². The number of aromatic nitrogens is 4. The number of halogens is 1. The van der Waals surface area contributed by atoms with Gasteiger partial charge >= 0.3 is 0 Å². The van der Waals surface area contributed by atoms with Crippen molar-refractivity contribution in [3.05, 3.63) is 17.8 Å². The van der Waals surface area contributed by atoms with E-state index >= 15 is 0 Å². The minimum Gasteiger partial charge on any atom is -0.368 e. The van der Waals surface area contributed by atoms with Crippen molar-refractivity contribution in [2.24, 2.45) is 0 Å². The van der Waals surface area contributed by atoms with Crippen LogP contribution in [-0.2, 0) is 0 Å². The van der Waals surface area contributed by atoms with Crippen molar-refractivity contribution >= 4 is 29.2 Å². The first-order valence-electron chi connectivity index (χ1n) is 3.91. The standard InChI is InChI=1S/C7H6FN5S2/c1-3-11-7(15-13-3)14-5-4(8)2-10-6(9)12-5/h2H,1H3,(H2,9,10,12). The van der Waals surface area contributed by atoms with Crippen molar-refractivity contribution in [1.29, 1.82) is 0 Å². The molecule has 0 saturated heterocycles. The minimum absolute atomic E-state index is 0.0418. The molecule has 0 aliphatic rings. The Labute approximate surface area is 93.1 Å². The van der Waals surface area contributed by atoms with Gasteiger partial charge in [-0.2, -0.15) is 4.37 Å². The zero-order valence-electron chi connectivity index (χ0n) is 7.64. The summed E-state index contributed by atoms with van der Waals surface area (Å²) in [6.07, 6.45) is 1.04. The monoisotopic (exact) mass is 243 g/mol. The highest BCUT2D eigenvalue weighted by atomic mass is 32.2. The average Bonchev–Trinajstić information content (AvgIpc) is 2.58. The molecule has 0 spiro atoms. The van der Waals surface area contributed by atoms with Crippen LogP contribution >= 0.6 is 23.3 Å². The Hall–Kier alpha value is -1.28. The Balaban J connectivity index is 2.27. The second-order valence-electron chi connectivity index (χ2n) is 2.59. The molecule has 0 bridgehead atoms. The molecular weight excluding hydrogens is 237 g/mol. The fraction of sp³-hybridized carbons (Fsp3) is 0.143. The lowest BCUT2D eigenvalue weighted by Gasteiger charge is -1.98. The topological polar surface area (TPSA) is 77.6 Å². The summed E-state index contributed by atoms with van der Waals surface area (Å²) in [6, 6.07) is 0. The van der Waals surface area contributed by atoms with E-state index < -0.39 is 5.82 Å². The van der Waals surface area contributed by atoms with Crippen molar-refractivity contribution in [1.82, 2.24) is 19.3 Å². The average molecular weight is 243 g/mol. The fourth-order valence-electron chi connectivity index (χ4n) is 0.838. The van der Waals surface area contributed by atoms with Gasteiger partial charge in [-0.05, 0) is 30.2 Å². The molecule has 0 amide bonds. The smallest absolute Gasteiger partial charge is 0.221 e. The number of nitrogens with two attached hydrogens (primary N) is 1. The molecule has 0 atom stereocenters. The molecule has 0 radical (unpaired) electrons. The molecule has 2 heterocycles. The molecule has 5 nitrogen and oxygen atoms in total. The van der Waals surface area contributed by atoms with Crippen molar-refractivity contribution < 1.29 is 4.39 Å². The number of anilines is 1. The van der Waals surface area contributed by atoms with Gasteiger partial charge in [0.1, 0.15) is 10.9 Å². The molecule has 0 aliphatic heterocycles. The summed E-state index contributed by atoms with van der Waals surface area (Å²) in [7, 11) is 0. The predicted octanol–water partition coefficient (Wildman–Crippen LogP) is 1.51. The Morgan fingerprint density at radius 1 is 1.47 bits per heavy atom. The van der Waals surface area contributed by atoms with Gasteiger partial charge < -0.3 is 5.73 Å². The lowest BCUT2D eigenvalue weighted by atomic mass is 10.6. The molecule has 0 aliphatic carbocycles. The molecule has 15 heavy (non-hydrogen) atoms. The van der Waals surface area contributed by atoms with E-state index in [4.69, 9.17) is 5.73 Å². The first-order valence-corrected chi connectivity index (χ1v) is 5.50. The third-order valence-corrected chi connectivity index (χ3v) is 3.25. The number of hydrogen-bond acceptors (Lipinski definition) is 7. The molecule has 2 N–H and O–H groups in total. The predicted molar refractivity (Wildman–Crippen MR) is 55.2 cm³/mol.